The lowest BCUT2D eigenvalue weighted by atomic mass is 10.1. The average molecular weight is 288 g/mol. The molecule has 0 aliphatic rings. The normalized spacial score (nSPS) is 11.0. The number of pyridine rings is 1. The number of carboxylic acids is 1. The van der Waals surface area contributed by atoms with Gasteiger partial charge in [0.05, 0.1) is 5.52 Å². The minimum absolute atomic E-state index is 0.105. The molecule has 0 atom stereocenters. The monoisotopic (exact) mass is 288 g/mol. The van der Waals surface area contributed by atoms with Gasteiger partial charge in [-0.05, 0) is 25.2 Å². The molecule has 112 valence electrons. The molecule has 0 amide bonds. The van der Waals surface area contributed by atoms with Crippen molar-refractivity contribution in [2.45, 2.75) is 13.8 Å². The van der Waals surface area contributed by atoms with Gasteiger partial charge in [-0.15, -0.1) is 0 Å². The lowest BCUT2D eigenvalue weighted by Gasteiger charge is -2.18. The maximum atomic E-state index is 11.3. The molecule has 1 heterocycles. The summed E-state index contributed by atoms with van der Waals surface area (Å²) in [5, 5.41) is 10.1. The number of para-hydroxylation sites is 1. The van der Waals surface area contributed by atoms with E-state index in [0.717, 1.165) is 30.5 Å². The number of carboxylic acid groups (broad SMARTS) is 1. The first-order valence-electron chi connectivity index (χ1n) is 7.14. The van der Waals surface area contributed by atoms with Gasteiger partial charge in [0.2, 0.25) is 5.88 Å². The van der Waals surface area contributed by atoms with Crippen molar-refractivity contribution in [1.29, 1.82) is 0 Å². The van der Waals surface area contributed by atoms with E-state index in [0.29, 0.717) is 6.61 Å². The third-order valence-corrected chi connectivity index (χ3v) is 3.46. The molecule has 0 saturated carbocycles. The van der Waals surface area contributed by atoms with Crippen LogP contribution in [0.3, 0.4) is 0 Å². The SMILES string of the molecule is CCN(CC)CCOc1nc2ccccc2cc1C(=O)O. The summed E-state index contributed by atoms with van der Waals surface area (Å²) in [7, 11) is 0. The number of rotatable bonds is 7. The summed E-state index contributed by atoms with van der Waals surface area (Å²) in [6, 6.07) is 9.02. The number of aromatic nitrogens is 1. The number of carbonyl (C=O) groups is 1. The number of fused-ring (bicyclic) bond motifs is 1. The highest BCUT2D eigenvalue weighted by Crippen LogP contribution is 2.22. The van der Waals surface area contributed by atoms with Crippen molar-refractivity contribution in [3.05, 3.63) is 35.9 Å². The number of benzene rings is 1. The number of likely N-dealkylation sites (N-methyl/N-ethyl adjacent to an activating group) is 1. The van der Waals surface area contributed by atoms with Crippen molar-refractivity contribution < 1.29 is 14.6 Å². The van der Waals surface area contributed by atoms with Crippen LogP contribution in [0.2, 0.25) is 0 Å². The fourth-order valence-electron chi connectivity index (χ4n) is 2.17. The first-order chi connectivity index (χ1) is 10.2. The molecular formula is C16H20N2O3. The Hall–Kier alpha value is -2.14. The van der Waals surface area contributed by atoms with Gasteiger partial charge >= 0.3 is 5.97 Å². The van der Waals surface area contributed by atoms with Gasteiger partial charge in [0.25, 0.3) is 0 Å². The summed E-state index contributed by atoms with van der Waals surface area (Å²) >= 11 is 0. The predicted molar refractivity (Wildman–Crippen MR) is 82.0 cm³/mol. The van der Waals surface area contributed by atoms with Crippen LogP contribution in [-0.2, 0) is 0 Å². The van der Waals surface area contributed by atoms with Gasteiger partial charge in [-0.1, -0.05) is 32.0 Å². The van der Waals surface area contributed by atoms with E-state index in [1.54, 1.807) is 6.07 Å². The lowest BCUT2D eigenvalue weighted by molar-refractivity contribution is 0.0690. The van der Waals surface area contributed by atoms with Crippen molar-refractivity contribution in [3.8, 4) is 5.88 Å². The molecule has 5 nitrogen and oxygen atoms in total. The van der Waals surface area contributed by atoms with Crippen LogP contribution in [0.15, 0.2) is 30.3 Å². The van der Waals surface area contributed by atoms with Crippen molar-refractivity contribution in [2.24, 2.45) is 0 Å². The molecule has 1 N–H and O–H groups in total. The molecule has 0 bridgehead atoms. The quantitative estimate of drug-likeness (QED) is 0.848. The molecule has 0 unspecified atom stereocenters. The standard InChI is InChI=1S/C16H20N2O3/c1-3-18(4-2)9-10-21-15-13(16(19)20)11-12-7-5-6-8-14(12)17-15/h5-8,11H,3-4,9-10H2,1-2H3,(H,19,20). The second kappa shape index (κ2) is 7.04. The molecule has 21 heavy (non-hydrogen) atoms. The molecule has 0 aliphatic carbocycles. The van der Waals surface area contributed by atoms with E-state index in [-0.39, 0.29) is 11.4 Å². The predicted octanol–water partition coefficient (Wildman–Crippen LogP) is 2.65. The number of nitrogens with zero attached hydrogens (tertiary/aromatic N) is 2. The highest BCUT2D eigenvalue weighted by Gasteiger charge is 2.14. The van der Waals surface area contributed by atoms with E-state index in [4.69, 9.17) is 4.74 Å². The molecular weight excluding hydrogens is 268 g/mol. The Kier molecular flexibility index (Phi) is 5.11. The Morgan fingerprint density at radius 3 is 2.67 bits per heavy atom. The van der Waals surface area contributed by atoms with Crippen molar-refractivity contribution in [3.63, 3.8) is 0 Å². The van der Waals surface area contributed by atoms with Gasteiger partial charge in [0, 0.05) is 11.9 Å². The van der Waals surface area contributed by atoms with Crippen LogP contribution in [0.4, 0.5) is 0 Å². The molecule has 1 aromatic carbocycles. The smallest absolute Gasteiger partial charge is 0.341 e. The summed E-state index contributed by atoms with van der Waals surface area (Å²) in [4.78, 5) is 17.9. The fraction of sp³-hybridized carbons (Fsp3) is 0.375. The molecule has 0 spiro atoms. The van der Waals surface area contributed by atoms with Crippen LogP contribution in [0.1, 0.15) is 24.2 Å². The summed E-state index contributed by atoms with van der Waals surface area (Å²) in [6.45, 7) is 7.22. The molecule has 2 rings (SSSR count). The van der Waals surface area contributed by atoms with Crippen LogP contribution in [0, 0.1) is 0 Å². The highest BCUT2D eigenvalue weighted by atomic mass is 16.5. The van der Waals surface area contributed by atoms with Gasteiger partial charge in [-0.3, -0.25) is 0 Å². The second-order valence-corrected chi connectivity index (χ2v) is 4.71. The molecule has 0 radical (unpaired) electrons. The topological polar surface area (TPSA) is 62.7 Å². The molecule has 0 aliphatic heterocycles. The summed E-state index contributed by atoms with van der Waals surface area (Å²) in [5.74, 6) is -0.834. The van der Waals surface area contributed by atoms with Gasteiger partial charge in [0.15, 0.2) is 0 Å². The Bertz CT molecular complexity index is 624. The number of hydrogen-bond acceptors (Lipinski definition) is 4. The third-order valence-electron chi connectivity index (χ3n) is 3.46. The van der Waals surface area contributed by atoms with Gasteiger partial charge < -0.3 is 14.7 Å². The number of hydrogen-bond donors (Lipinski definition) is 1. The van der Waals surface area contributed by atoms with Gasteiger partial charge in [-0.25, -0.2) is 9.78 Å². The van der Waals surface area contributed by atoms with Crippen LogP contribution < -0.4 is 4.74 Å². The summed E-state index contributed by atoms with van der Waals surface area (Å²) in [6.07, 6.45) is 0. The molecule has 0 fully saturated rings. The molecule has 2 aromatic rings. The summed E-state index contributed by atoms with van der Waals surface area (Å²) in [5.41, 5.74) is 0.841. The van der Waals surface area contributed by atoms with Crippen molar-refractivity contribution in [2.75, 3.05) is 26.2 Å². The Labute approximate surface area is 124 Å². The Balaban J connectivity index is 2.20. The van der Waals surface area contributed by atoms with Crippen molar-refractivity contribution >= 4 is 16.9 Å². The van der Waals surface area contributed by atoms with E-state index in [9.17, 15) is 9.90 Å². The molecule has 5 heteroatoms. The third kappa shape index (κ3) is 3.70. The maximum absolute atomic E-state index is 11.3. The van der Waals surface area contributed by atoms with Gasteiger partial charge in [-0.2, -0.15) is 0 Å². The Morgan fingerprint density at radius 2 is 2.00 bits per heavy atom. The van der Waals surface area contributed by atoms with Crippen LogP contribution in [0.25, 0.3) is 10.9 Å². The van der Waals surface area contributed by atoms with E-state index in [2.05, 4.69) is 23.7 Å². The van der Waals surface area contributed by atoms with Crippen LogP contribution in [-0.4, -0.2) is 47.2 Å². The maximum Gasteiger partial charge on any atom is 0.341 e. The Morgan fingerprint density at radius 1 is 1.29 bits per heavy atom. The van der Waals surface area contributed by atoms with E-state index in [1.807, 2.05) is 24.3 Å². The zero-order chi connectivity index (χ0) is 15.2. The minimum atomic E-state index is -1.02. The largest absolute Gasteiger partial charge is 0.477 e. The zero-order valence-electron chi connectivity index (χ0n) is 12.4. The first-order valence-corrected chi connectivity index (χ1v) is 7.14. The van der Waals surface area contributed by atoms with E-state index < -0.39 is 5.97 Å². The first kappa shape index (κ1) is 15.3. The second-order valence-electron chi connectivity index (χ2n) is 4.71. The van der Waals surface area contributed by atoms with Crippen LogP contribution >= 0.6 is 0 Å². The minimum Gasteiger partial charge on any atom is -0.477 e. The van der Waals surface area contributed by atoms with Crippen molar-refractivity contribution in [1.82, 2.24) is 9.88 Å². The van der Waals surface area contributed by atoms with E-state index in [1.165, 1.54) is 0 Å². The fourth-order valence-corrected chi connectivity index (χ4v) is 2.17. The molecule has 0 saturated heterocycles. The number of ether oxygens (including phenoxy) is 1. The highest BCUT2D eigenvalue weighted by molar-refractivity contribution is 5.95. The molecule has 1 aromatic heterocycles. The zero-order valence-corrected chi connectivity index (χ0v) is 12.4. The lowest BCUT2D eigenvalue weighted by Crippen LogP contribution is -2.28. The average Bonchev–Trinajstić information content (AvgIpc) is 2.50. The number of aromatic carboxylic acids is 1. The van der Waals surface area contributed by atoms with Crippen LogP contribution in [0.5, 0.6) is 5.88 Å². The van der Waals surface area contributed by atoms with Gasteiger partial charge in [0.1, 0.15) is 12.2 Å². The van der Waals surface area contributed by atoms with E-state index >= 15 is 0 Å². The summed E-state index contributed by atoms with van der Waals surface area (Å²) < 4.78 is 5.61.